The molecule has 5 nitrogen and oxygen atoms in total. The molecule has 1 amide bonds. The van der Waals surface area contributed by atoms with Gasteiger partial charge in [0.05, 0.1) is 12.0 Å². The number of carboxylic acid groups (broad SMARTS) is 1. The minimum absolute atomic E-state index is 0.0736. The third-order valence-corrected chi connectivity index (χ3v) is 2.90. The lowest BCUT2D eigenvalue weighted by molar-refractivity contribution is -0.129. The summed E-state index contributed by atoms with van der Waals surface area (Å²) < 4.78 is 0. The van der Waals surface area contributed by atoms with E-state index in [0.29, 0.717) is 12.1 Å². The Kier molecular flexibility index (Phi) is 5.51. The number of nitrogens with zero attached hydrogens (tertiary/aromatic N) is 2. The normalized spacial score (nSPS) is 10.5. The van der Waals surface area contributed by atoms with Crippen LogP contribution in [0, 0.1) is 0 Å². The van der Waals surface area contributed by atoms with E-state index in [1.807, 2.05) is 19.0 Å². The van der Waals surface area contributed by atoms with Crippen molar-refractivity contribution in [2.45, 2.75) is 6.42 Å². The van der Waals surface area contributed by atoms with Crippen molar-refractivity contribution >= 4 is 11.9 Å². The first-order valence-electron chi connectivity index (χ1n) is 6.11. The SMILES string of the molecule is CN(C)CCN(C)C(=O)Cc1ccccc1C(=O)O. The molecule has 0 aromatic heterocycles. The average Bonchev–Trinajstić information content (AvgIpc) is 2.36. The monoisotopic (exact) mass is 264 g/mol. The number of likely N-dealkylation sites (N-methyl/N-ethyl adjacent to an activating group) is 2. The molecule has 0 fully saturated rings. The highest BCUT2D eigenvalue weighted by Crippen LogP contribution is 2.10. The summed E-state index contributed by atoms with van der Waals surface area (Å²) in [5.74, 6) is -1.07. The predicted octanol–water partition coefficient (Wildman–Crippen LogP) is 0.947. The molecule has 0 heterocycles. The van der Waals surface area contributed by atoms with E-state index in [0.717, 1.165) is 6.54 Å². The third-order valence-electron chi connectivity index (χ3n) is 2.90. The number of carbonyl (C=O) groups is 2. The fourth-order valence-electron chi connectivity index (χ4n) is 1.66. The second kappa shape index (κ2) is 6.89. The Morgan fingerprint density at radius 1 is 1.11 bits per heavy atom. The molecular weight excluding hydrogens is 244 g/mol. The Hall–Kier alpha value is -1.88. The van der Waals surface area contributed by atoms with E-state index in [1.165, 1.54) is 6.07 Å². The van der Waals surface area contributed by atoms with E-state index in [1.54, 1.807) is 30.1 Å². The van der Waals surface area contributed by atoms with Gasteiger partial charge in [0.15, 0.2) is 0 Å². The van der Waals surface area contributed by atoms with Gasteiger partial charge in [-0.15, -0.1) is 0 Å². The average molecular weight is 264 g/mol. The highest BCUT2D eigenvalue weighted by molar-refractivity contribution is 5.91. The van der Waals surface area contributed by atoms with Gasteiger partial charge in [0.1, 0.15) is 0 Å². The number of amides is 1. The molecule has 0 atom stereocenters. The molecule has 0 aliphatic carbocycles. The summed E-state index contributed by atoms with van der Waals surface area (Å²) in [5, 5.41) is 9.06. The maximum atomic E-state index is 12.0. The van der Waals surface area contributed by atoms with Crippen LogP contribution in [-0.2, 0) is 11.2 Å². The molecule has 1 rings (SSSR count). The van der Waals surface area contributed by atoms with Gasteiger partial charge in [-0.1, -0.05) is 18.2 Å². The van der Waals surface area contributed by atoms with E-state index in [-0.39, 0.29) is 17.9 Å². The second-order valence-electron chi connectivity index (χ2n) is 4.76. The standard InChI is InChI=1S/C14H20N2O3/c1-15(2)8-9-16(3)13(17)10-11-6-4-5-7-12(11)14(18)19/h4-7H,8-10H2,1-3H3,(H,18,19). The number of hydrogen-bond donors (Lipinski definition) is 1. The topological polar surface area (TPSA) is 60.9 Å². The van der Waals surface area contributed by atoms with Crippen molar-refractivity contribution in [2.75, 3.05) is 34.2 Å². The number of aromatic carboxylic acids is 1. The fourth-order valence-corrected chi connectivity index (χ4v) is 1.66. The van der Waals surface area contributed by atoms with Gasteiger partial charge < -0.3 is 14.9 Å². The van der Waals surface area contributed by atoms with Gasteiger partial charge in [-0.25, -0.2) is 4.79 Å². The van der Waals surface area contributed by atoms with Crippen molar-refractivity contribution in [2.24, 2.45) is 0 Å². The summed E-state index contributed by atoms with van der Waals surface area (Å²) in [5.41, 5.74) is 0.744. The summed E-state index contributed by atoms with van der Waals surface area (Å²) in [7, 11) is 5.62. The Morgan fingerprint density at radius 2 is 1.74 bits per heavy atom. The van der Waals surface area contributed by atoms with Gasteiger partial charge in [0, 0.05) is 20.1 Å². The Labute approximate surface area is 113 Å². The van der Waals surface area contributed by atoms with Crippen LogP contribution in [0.2, 0.25) is 0 Å². The highest BCUT2D eigenvalue weighted by atomic mass is 16.4. The molecular formula is C14H20N2O3. The lowest BCUT2D eigenvalue weighted by atomic mass is 10.0. The Bertz CT molecular complexity index is 458. The number of rotatable bonds is 6. The number of carboxylic acids is 1. The molecule has 19 heavy (non-hydrogen) atoms. The molecule has 1 aromatic carbocycles. The van der Waals surface area contributed by atoms with E-state index < -0.39 is 5.97 Å². The van der Waals surface area contributed by atoms with Crippen molar-refractivity contribution in [1.29, 1.82) is 0 Å². The van der Waals surface area contributed by atoms with E-state index in [4.69, 9.17) is 5.11 Å². The van der Waals surface area contributed by atoms with Gasteiger partial charge in [-0.05, 0) is 25.7 Å². The van der Waals surface area contributed by atoms with Gasteiger partial charge in [0.2, 0.25) is 5.91 Å². The quantitative estimate of drug-likeness (QED) is 0.831. The van der Waals surface area contributed by atoms with Gasteiger partial charge in [-0.3, -0.25) is 4.79 Å². The second-order valence-corrected chi connectivity index (χ2v) is 4.76. The molecule has 0 spiro atoms. The molecule has 0 aliphatic rings. The minimum atomic E-state index is -1.00. The van der Waals surface area contributed by atoms with Crippen molar-refractivity contribution in [3.63, 3.8) is 0 Å². The van der Waals surface area contributed by atoms with Crippen molar-refractivity contribution in [3.05, 3.63) is 35.4 Å². The van der Waals surface area contributed by atoms with Crippen LogP contribution in [0.25, 0.3) is 0 Å². The van der Waals surface area contributed by atoms with Crippen LogP contribution in [0.4, 0.5) is 0 Å². The molecule has 0 radical (unpaired) electrons. The van der Waals surface area contributed by atoms with Crippen molar-refractivity contribution < 1.29 is 14.7 Å². The highest BCUT2D eigenvalue weighted by Gasteiger charge is 2.15. The van der Waals surface area contributed by atoms with E-state index in [2.05, 4.69) is 0 Å². The van der Waals surface area contributed by atoms with Crippen molar-refractivity contribution in [3.8, 4) is 0 Å². The van der Waals surface area contributed by atoms with Crippen LogP contribution >= 0.6 is 0 Å². The fraction of sp³-hybridized carbons (Fsp3) is 0.429. The number of benzene rings is 1. The molecule has 0 saturated carbocycles. The molecule has 0 saturated heterocycles. The summed E-state index contributed by atoms with van der Waals surface area (Å²) in [6, 6.07) is 6.61. The Balaban J connectivity index is 2.69. The summed E-state index contributed by atoms with van der Waals surface area (Å²) >= 11 is 0. The largest absolute Gasteiger partial charge is 0.478 e. The van der Waals surface area contributed by atoms with Crippen LogP contribution in [0.1, 0.15) is 15.9 Å². The summed E-state index contributed by atoms with van der Waals surface area (Å²) in [6.07, 6.45) is 0.117. The third kappa shape index (κ3) is 4.71. The predicted molar refractivity (Wildman–Crippen MR) is 73.3 cm³/mol. The number of carbonyl (C=O) groups excluding carboxylic acids is 1. The lowest BCUT2D eigenvalue weighted by Gasteiger charge is -2.20. The molecule has 1 aromatic rings. The van der Waals surface area contributed by atoms with Crippen LogP contribution < -0.4 is 0 Å². The van der Waals surface area contributed by atoms with E-state index in [9.17, 15) is 9.59 Å². The lowest BCUT2D eigenvalue weighted by Crippen LogP contribution is -2.34. The molecule has 5 heteroatoms. The minimum Gasteiger partial charge on any atom is -0.478 e. The van der Waals surface area contributed by atoms with Gasteiger partial charge in [-0.2, -0.15) is 0 Å². The zero-order valence-corrected chi connectivity index (χ0v) is 11.6. The first-order chi connectivity index (χ1) is 8.91. The molecule has 0 unspecified atom stereocenters. The molecule has 0 aliphatic heterocycles. The van der Waals surface area contributed by atoms with E-state index >= 15 is 0 Å². The maximum Gasteiger partial charge on any atom is 0.335 e. The molecule has 104 valence electrons. The molecule has 0 bridgehead atoms. The summed E-state index contributed by atoms with van der Waals surface area (Å²) in [4.78, 5) is 26.7. The summed E-state index contributed by atoms with van der Waals surface area (Å²) in [6.45, 7) is 1.41. The van der Waals surface area contributed by atoms with Crippen LogP contribution in [0.5, 0.6) is 0 Å². The first-order valence-corrected chi connectivity index (χ1v) is 6.11. The zero-order chi connectivity index (χ0) is 14.4. The van der Waals surface area contributed by atoms with Gasteiger partial charge in [0.25, 0.3) is 0 Å². The molecule has 1 N–H and O–H groups in total. The van der Waals surface area contributed by atoms with Crippen molar-refractivity contribution in [1.82, 2.24) is 9.80 Å². The van der Waals surface area contributed by atoms with Crippen LogP contribution in [0.15, 0.2) is 24.3 Å². The zero-order valence-electron chi connectivity index (χ0n) is 11.6. The first kappa shape index (κ1) is 15.2. The van der Waals surface area contributed by atoms with Crippen LogP contribution in [-0.4, -0.2) is 61.0 Å². The maximum absolute atomic E-state index is 12.0. The van der Waals surface area contributed by atoms with Crippen LogP contribution in [0.3, 0.4) is 0 Å². The smallest absolute Gasteiger partial charge is 0.335 e. The van der Waals surface area contributed by atoms with Gasteiger partial charge >= 0.3 is 5.97 Å². The number of hydrogen-bond acceptors (Lipinski definition) is 3. The Morgan fingerprint density at radius 3 is 2.32 bits per heavy atom.